The Balaban J connectivity index is 1.49. The molecule has 2 aromatic heterocycles. The van der Waals surface area contributed by atoms with Gasteiger partial charge in [-0.05, 0) is 36.4 Å². The van der Waals surface area contributed by atoms with Crippen LogP contribution in [-0.2, 0) is 16.1 Å². The van der Waals surface area contributed by atoms with E-state index in [9.17, 15) is 9.59 Å². The summed E-state index contributed by atoms with van der Waals surface area (Å²) in [5, 5.41) is 4.21. The van der Waals surface area contributed by atoms with Crippen LogP contribution < -0.4 is 5.32 Å². The predicted octanol–water partition coefficient (Wildman–Crippen LogP) is 3.47. The summed E-state index contributed by atoms with van der Waals surface area (Å²) in [6.07, 6.45) is 3.41. The van der Waals surface area contributed by atoms with Gasteiger partial charge in [0.2, 0.25) is 11.8 Å². The molecule has 1 N–H and O–H groups in total. The molecule has 1 atom stereocenters. The Morgan fingerprint density at radius 3 is 3.00 bits per heavy atom. The topological polar surface area (TPSA) is 75.4 Å². The maximum Gasteiger partial charge on any atom is 0.229 e. The molecule has 1 aromatic carbocycles. The highest BCUT2D eigenvalue weighted by atomic mass is 35.5. The number of benzene rings is 1. The summed E-state index contributed by atoms with van der Waals surface area (Å²) in [5.74, 6) is 0.0611. The lowest BCUT2D eigenvalue weighted by Gasteiger charge is -2.15. The van der Waals surface area contributed by atoms with Crippen molar-refractivity contribution in [3.8, 4) is 0 Å². The van der Waals surface area contributed by atoms with E-state index in [1.165, 1.54) is 0 Å². The first-order valence-corrected chi connectivity index (χ1v) is 8.64. The van der Waals surface area contributed by atoms with E-state index < -0.39 is 5.92 Å². The van der Waals surface area contributed by atoms with Crippen molar-refractivity contribution < 1.29 is 14.0 Å². The van der Waals surface area contributed by atoms with Crippen molar-refractivity contribution in [2.45, 2.75) is 13.0 Å². The summed E-state index contributed by atoms with van der Waals surface area (Å²) in [5.41, 5.74) is 1.27. The van der Waals surface area contributed by atoms with E-state index in [2.05, 4.69) is 10.3 Å². The number of nitrogens with one attached hydrogen (secondary N) is 1. The van der Waals surface area contributed by atoms with Crippen LogP contribution >= 0.6 is 11.6 Å². The minimum atomic E-state index is -0.403. The van der Waals surface area contributed by atoms with Gasteiger partial charge >= 0.3 is 0 Å². The number of rotatable bonds is 4. The lowest BCUT2D eigenvalue weighted by Crippen LogP contribution is -2.28. The van der Waals surface area contributed by atoms with Gasteiger partial charge < -0.3 is 14.6 Å². The van der Waals surface area contributed by atoms with Crippen molar-refractivity contribution in [3.05, 3.63) is 59.6 Å². The molecule has 1 fully saturated rings. The Kier molecular flexibility index (Phi) is 4.34. The molecule has 0 radical (unpaired) electrons. The van der Waals surface area contributed by atoms with Crippen molar-refractivity contribution in [3.63, 3.8) is 0 Å². The average molecular weight is 370 g/mol. The molecule has 2 amide bonds. The molecule has 26 heavy (non-hydrogen) atoms. The van der Waals surface area contributed by atoms with Gasteiger partial charge in [0.1, 0.15) is 5.76 Å². The Morgan fingerprint density at radius 2 is 2.19 bits per heavy atom. The van der Waals surface area contributed by atoms with Crippen LogP contribution in [0.3, 0.4) is 0 Å². The van der Waals surface area contributed by atoms with Crippen LogP contribution in [0.1, 0.15) is 12.2 Å². The van der Waals surface area contributed by atoms with Crippen molar-refractivity contribution >= 4 is 40.0 Å². The Bertz CT molecular complexity index is 971. The largest absolute Gasteiger partial charge is 0.467 e. The first-order chi connectivity index (χ1) is 12.6. The third-order valence-electron chi connectivity index (χ3n) is 4.49. The van der Waals surface area contributed by atoms with E-state index in [1.54, 1.807) is 41.6 Å². The molecule has 0 bridgehead atoms. The number of amides is 2. The van der Waals surface area contributed by atoms with Crippen LogP contribution in [0.15, 0.2) is 53.3 Å². The quantitative estimate of drug-likeness (QED) is 0.764. The van der Waals surface area contributed by atoms with Gasteiger partial charge in [0.15, 0.2) is 0 Å². The average Bonchev–Trinajstić information content (AvgIpc) is 3.28. The number of likely N-dealkylation sites (tertiary alicyclic amines) is 1. The zero-order valence-electron chi connectivity index (χ0n) is 13.8. The van der Waals surface area contributed by atoms with Crippen LogP contribution in [0.2, 0.25) is 5.02 Å². The van der Waals surface area contributed by atoms with Crippen LogP contribution in [-0.4, -0.2) is 28.2 Å². The fourth-order valence-corrected chi connectivity index (χ4v) is 3.39. The molecule has 0 spiro atoms. The van der Waals surface area contributed by atoms with E-state index in [-0.39, 0.29) is 18.2 Å². The van der Waals surface area contributed by atoms with E-state index in [1.807, 2.05) is 12.1 Å². The molecule has 0 saturated carbocycles. The standard InChI is InChI=1S/C19H16ClN3O3/c20-15-5-6-16(14-4-1-7-21-18(14)15)22-19(25)12-9-17(24)23(10-12)11-13-3-2-8-26-13/h1-8,12H,9-11H2,(H,22,25). The van der Waals surface area contributed by atoms with E-state index >= 15 is 0 Å². The highest BCUT2D eigenvalue weighted by Gasteiger charge is 2.34. The maximum atomic E-state index is 12.7. The van der Waals surface area contributed by atoms with Gasteiger partial charge in [-0.3, -0.25) is 14.6 Å². The first kappa shape index (κ1) is 16.6. The summed E-state index contributed by atoms with van der Waals surface area (Å²) in [4.78, 5) is 30.8. The van der Waals surface area contributed by atoms with Gasteiger partial charge in [-0.2, -0.15) is 0 Å². The van der Waals surface area contributed by atoms with Crippen LogP contribution in [0, 0.1) is 5.92 Å². The molecule has 6 nitrogen and oxygen atoms in total. The van der Waals surface area contributed by atoms with Gasteiger partial charge in [-0.1, -0.05) is 11.6 Å². The van der Waals surface area contributed by atoms with Crippen LogP contribution in [0.5, 0.6) is 0 Å². The summed E-state index contributed by atoms with van der Waals surface area (Å²) in [6, 6.07) is 10.7. The Labute approximate surface area is 154 Å². The molecular formula is C19H16ClN3O3. The summed E-state index contributed by atoms with van der Waals surface area (Å²) in [6.45, 7) is 0.749. The summed E-state index contributed by atoms with van der Waals surface area (Å²) < 4.78 is 5.28. The minimum Gasteiger partial charge on any atom is -0.467 e. The number of halogens is 1. The molecule has 1 saturated heterocycles. The smallest absolute Gasteiger partial charge is 0.229 e. The van der Waals surface area contributed by atoms with Crippen molar-refractivity contribution in [1.82, 2.24) is 9.88 Å². The normalized spacial score (nSPS) is 17.0. The number of furan rings is 1. The van der Waals surface area contributed by atoms with Crippen LogP contribution in [0.4, 0.5) is 5.69 Å². The molecule has 7 heteroatoms. The number of nitrogens with zero attached hydrogens (tertiary/aromatic N) is 2. The van der Waals surface area contributed by atoms with E-state index in [0.29, 0.717) is 35.1 Å². The second-order valence-corrected chi connectivity index (χ2v) is 6.65. The van der Waals surface area contributed by atoms with Crippen molar-refractivity contribution in [2.24, 2.45) is 5.92 Å². The number of anilines is 1. The summed E-state index contributed by atoms with van der Waals surface area (Å²) >= 11 is 6.16. The SMILES string of the molecule is O=C(Nc1ccc(Cl)c2ncccc12)C1CC(=O)N(Cc2ccco2)C1. The molecule has 3 aromatic rings. The molecule has 132 valence electrons. The lowest BCUT2D eigenvalue weighted by molar-refractivity contribution is -0.128. The third kappa shape index (κ3) is 3.15. The van der Waals surface area contributed by atoms with E-state index in [4.69, 9.17) is 16.0 Å². The van der Waals surface area contributed by atoms with Gasteiger partial charge in [-0.15, -0.1) is 0 Å². The minimum absolute atomic E-state index is 0.0517. The lowest BCUT2D eigenvalue weighted by atomic mass is 10.1. The van der Waals surface area contributed by atoms with Crippen molar-refractivity contribution in [2.75, 3.05) is 11.9 Å². The number of fused-ring (bicyclic) bond motifs is 1. The fraction of sp³-hybridized carbons (Fsp3) is 0.211. The van der Waals surface area contributed by atoms with Gasteiger partial charge in [0.05, 0.1) is 35.0 Å². The third-order valence-corrected chi connectivity index (χ3v) is 4.80. The first-order valence-electron chi connectivity index (χ1n) is 8.26. The highest BCUT2D eigenvalue weighted by molar-refractivity contribution is 6.35. The second kappa shape index (κ2) is 6.80. The second-order valence-electron chi connectivity index (χ2n) is 6.24. The fourth-order valence-electron chi connectivity index (χ4n) is 3.17. The number of carbonyl (C=O) groups excluding carboxylic acids is 2. The number of pyridine rings is 1. The van der Waals surface area contributed by atoms with Gasteiger partial charge in [-0.25, -0.2) is 0 Å². The molecule has 3 heterocycles. The molecular weight excluding hydrogens is 354 g/mol. The zero-order valence-corrected chi connectivity index (χ0v) is 14.6. The number of hydrogen-bond acceptors (Lipinski definition) is 4. The number of carbonyl (C=O) groups is 2. The molecule has 1 unspecified atom stereocenters. The maximum absolute atomic E-state index is 12.7. The Morgan fingerprint density at radius 1 is 1.31 bits per heavy atom. The molecule has 0 aliphatic carbocycles. The number of hydrogen-bond donors (Lipinski definition) is 1. The van der Waals surface area contributed by atoms with Crippen LogP contribution in [0.25, 0.3) is 10.9 Å². The highest BCUT2D eigenvalue weighted by Crippen LogP contribution is 2.29. The monoisotopic (exact) mass is 369 g/mol. The molecule has 1 aliphatic heterocycles. The Hall–Kier alpha value is -2.86. The predicted molar refractivity (Wildman–Crippen MR) is 97.6 cm³/mol. The number of aromatic nitrogens is 1. The van der Waals surface area contributed by atoms with Gasteiger partial charge in [0, 0.05) is 24.5 Å². The molecule has 1 aliphatic rings. The molecule has 4 rings (SSSR count). The summed E-state index contributed by atoms with van der Waals surface area (Å²) in [7, 11) is 0. The zero-order chi connectivity index (χ0) is 18.1. The van der Waals surface area contributed by atoms with E-state index in [0.717, 1.165) is 5.39 Å². The van der Waals surface area contributed by atoms with Gasteiger partial charge in [0.25, 0.3) is 0 Å². The van der Waals surface area contributed by atoms with Crippen molar-refractivity contribution in [1.29, 1.82) is 0 Å².